The number of nitrogens with one attached hydrogen (secondary N) is 1. The van der Waals surface area contributed by atoms with Crippen molar-refractivity contribution in [2.24, 2.45) is 0 Å². The molecule has 1 aromatic carbocycles. The molecule has 1 amide bonds. The number of nitrogens with zero attached hydrogens (tertiary/aromatic N) is 1. The van der Waals surface area contributed by atoms with Crippen LogP contribution >= 0.6 is 23.2 Å². The molecule has 0 bridgehead atoms. The van der Waals surface area contributed by atoms with Crippen molar-refractivity contribution < 1.29 is 14.6 Å². The van der Waals surface area contributed by atoms with E-state index in [9.17, 15) is 9.90 Å². The lowest BCUT2D eigenvalue weighted by Gasteiger charge is -2.33. The summed E-state index contributed by atoms with van der Waals surface area (Å²) in [6.45, 7) is 5.27. The van der Waals surface area contributed by atoms with E-state index < -0.39 is 5.60 Å². The molecular formula is C15H20Cl2N2O3. The highest BCUT2D eigenvalue weighted by Crippen LogP contribution is 2.22. The molecule has 0 aliphatic carbocycles. The summed E-state index contributed by atoms with van der Waals surface area (Å²) in [6.07, 6.45) is 0. The van der Waals surface area contributed by atoms with Gasteiger partial charge in [0.15, 0.2) is 0 Å². The van der Waals surface area contributed by atoms with E-state index in [0.717, 1.165) is 13.1 Å². The molecule has 1 fully saturated rings. The van der Waals surface area contributed by atoms with Gasteiger partial charge in [-0.3, -0.25) is 9.69 Å². The number of morpholine rings is 1. The van der Waals surface area contributed by atoms with Crippen LogP contribution in [0.3, 0.4) is 0 Å². The van der Waals surface area contributed by atoms with Crippen molar-refractivity contribution >= 4 is 29.1 Å². The minimum Gasteiger partial charge on any atom is -0.387 e. The fourth-order valence-electron chi connectivity index (χ4n) is 2.31. The van der Waals surface area contributed by atoms with Crippen LogP contribution in [0.5, 0.6) is 0 Å². The fraction of sp³-hybridized carbons (Fsp3) is 0.533. The van der Waals surface area contributed by atoms with Gasteiger partial charge in [0, 0.05) is 31.7 Å². The summed E-state index contributed by atoms with van der Waals surface area (Å²) in [5.41, 5.74) is -0.597. The number of benzene rings is 1. The second-order valence-corrected chi connectivity index (χ2v) is 6.51. The van der Waals surface area contributed by atoms with Crippen LogP contribution in [0.25, 0.3) is 0 Å². The van der Waals surface area contributed by atoms with Crippen LogP contribution in [0.15, 0.2) is 18.2 Å². The van der Waals surface area contributed by atoms with Gasteiger partial charge in [0.1, 0.15) is 0 Å². The maximum atomic E-state index is 12.1. The average molecular weight is 347 g/mol. The van der Waals surface area contributed by atoms with Crippen molar-refractivity contribution in [1.82, 2.24) is 10.2 Å². The summed E-state index contributed by atoms with van der Waals surface area (Å²) in [5.74, 6) is -0.291. The number of carbonyl (C=O) groups excluding carboxylic acids is 1. The standard InChI is InChI=1S/C15H20Cl2N2O3/c1-15(21,10-19-4-6-22-7-5-19)9-18-14(20)11-2-3-12(16)13(17)8-11/h2-3,8,21H,4-7,9-10H2,1H3,(H,18,20). The van der Waals surface area contributed by atoms with E-state index in [1.807, 2.05) is 0 Å². The van der Waals surface area contributed by atoms with Gasteiger partial charge in [-0.25, -0.2) is 0 Å². The molecule has 0 aromatic heterocycles. The molecule has 122 valence electrons. The summed E-state index contributed by atoms with van der Waals surface area (Å²) >= 11 is 11.7. The normalized spacial score (nSPS) is 18.7. The van der Waals surface area contributed by atoms with Crippen LogP contribution in [0, 0.1) is 0 Å². The third-order valence-electron chi connectivity index (χ3n) is 3.48. The Morgan fingerprint density at radius 1 is 1.36 bits per heavy atom. The summed E-state index contributed by atoms with van der Waals surface area (Å²) in [6, 6.07) is 4.68. The topological polar surface area (TPSA) is 61.8 Å². The predicted octanol–water partition coefficient (Wildman–Crippen LogP) is 1.81. The van der Waals surface area contributed by atoms with Gasteiger partial charge < -0.3 is 15.2 Å². The molecule has 0 radical (unpaired) electrons. The van der Waals surface area contributed by atoms with Crippen molar-refractivity contribution in [2.45, 2.75) is 12.5 Å². The lowest BCUT2D eigenvalue weighted by molar-refractivity contribution is -0.0213. The van der Waals surface area contributed by atoms with Crippen LogP contribution in [-0.2, 0) is 4.74 Å². The highest BCUT2D eigenvalue weighted by atomic mass is 35.5. The zero-order valence-electron chi connectivity index (χ0n) is 12.4. The van der Waals surface area contributed by atoms with E-state index in [0.29, 0.717) is 35.4 Å². The number of hydrogen-bond acceptors (Lipinski definition) is 4. The number of β-amino-alcohol motifs (C(OH)–C–C–N with tert-alkyl or cyclic N) is 1. The summed E-state index contributed by atoms with van der Waals surface area (Å²) in [4.78, 5) is 14.2. The lowest BCUT2D eigenvalue weighted by atomic mass is 10.1. The third kappa shape index (κ3) is 5.11. The van der Waals surface area contributed by atoms with E-state index in [-0.39, 0.29) is 12.5 Å². The number of aliphatic hydroxyl groups is 1. The van der Waals surface area contributed by atoms with Gasteiger partial charge in [-0.2, -0.15) is 0 Å². The zero-order chi connectivity index (χ0) is 16.2. The van der Waals surface area contributed by atoms with Crippen LogP contribution in [0.1, 0.15) is 17.3 Å². The molecule has 0 spiro atoms. The van der Waals surface area contributed by atoms with Gasteiger partial charge in [-0.1, -0.05) is 23.2 Å². The first-order chi connectivity index (χ1) is 10.4. The predicted molar refractivity (Wildman–Crippen MR) is 86.7 cm³/mol. The van der Waals surface area contributed by atoms with Crippen molar-refractivity contribution in [3.63, 3.8) is 0 Å². The molecule has 2 rings (SSSR count). The van der Waals surface area contributed by atoms with Crippen LogP contribution in [0.2, 0.25) is 10.0 Å². The van der Waals surface area contributed by atoms with Crippen LogP contribution < -0.4 is 5.32 Å². The van der Waals surface area contributed by atoms with Crippen LogP contribution in [-0.4, -0.2) is 60.9 Å². The van der Waals surface area contributed by atoms with E-state index in [1.54, 1.807) is 19.1 Å². The average Bonchev–Trinajstić information content (AvgIpc) is 2.48. The highest BCUT2D eigenvalue weighted by Gasteiger charge is 2.26. The number of ether oxygens (including phenoxy) is 1. The van der Waals surface area contributed by atoms with Gasteiger partial charge in [0.05, 0.1) is 28.9 Å². The summed E-state index contributed by atoms with van der Waals surface area (Å²) < 4.78 is 5.27. The molecule has 2 N–H and O–H groups in total. The number of halogens is 2. The first-order valence-electron chi connectivity index (χ1n) is 7.13. The van der Waals surface area contributed by atoms with Gasteiger partial charge in [-0.05, 0) is 25.1 Å². The zero-order valence-corrected chi connectivity index (χ0v) is 14.0. The number of carbonyl (C=O) groups is 1. The van der Waals surface area contributed by atoms with E-state index in [1.165, 1.54) is 6.07 Å². The fourth-order valence-corrected chi connectivity index (χ4v) is 2.61. The van der Waals surface area contributed by atoms with Gasteiger partial charge in [0.2, 0.25) is 0 Å². The Hall–Kier alpha value is -0.850. The largest absolute Gasteiger partial charge is 0.387 e. The minimum atomic E-state index is -1.01. The van der Waals surface area contributed by atoms with Crippen molar-refractivity contribution in [2.75, 3.05) is 39.4 Å². The number of rotatable bonds is 5. The third-order valence-corrected chi connectivity index (χ3v) is 4.22. The molecule has 1 heterocycles. The smallest absolute Gasteiger partial charge is 0.251 e. The Morgan fingerprint density at radius 3 is 2.68 bits per heavy atom. The molecule has 0 saturated carbocycles. The Balaban J connectivity index is 1.87. The molecular weight excluding hydrogens is 327 g/mol. The SMILES string of the molecule is CC(O)(CNC(=O)c1ccc(Cl)c(Cl)c1)CN1CCOCC1. The molecule has 1 aliphatic rings. The number of hydrogen-bond donors (Lipinski definition) is 2. The minimum absolute atomic E-state index is 0.156. The van der Waals surface area contributed by atoms with Gasteiger partial charge in [-0.15, -0.1) is 0 Å². The lowest BCUT2D eigenvalue weighted by Crippen LogP contribution is -2.51. The quantitative estimate of drug-likeness (QED) is 0.853. The first-order valence-corrected chi connectivity index (χ1v) is 7.89. The summed E-state index contributed by atoms with van der Waals surface area (Å²) in [7, 11) is 0. The summed E-state index contributed by atoms with van der Waals surface area (Å²) in [5, 5.41) is 13.9. The molecule has 1 aromatic rings. The Labute approximate surface area is 140 Å². The molecule has 1 saturated heterocycles. The first kappa shape index (κ1) is 17.5. The highest BCUT2D eigenvalue weighted by molar-refractivity contribution is 6.42. The Kier molecular flexibility index (Phi) is 6.06. The van der Waals surface area contributed by atoms with Crippen molar-refractivity contribution in [3.05, 3.63) is 33.8 Å². The maximum absolute atomic E-state index is 12.1. The maximum Gasteiger partial charge on any atom is 0.251 e. The van der Waals surface area contributed by atoms with E-state index in [2.05, 4.69) is 10.2 Å². The Morgan fingerprint density at radius 2 is 2.05 bits per heavy atom. The van der Waals surface area contributed by atoms with E-state index >= 15 is 0 Å². The van der Waals surface area contributed by atoms with E-state index in [4.69, 9.17) is 27.9 Å². The number of amides is 1. The molecule has 1 aliphatic heterocycles. The molecule has 1 atom stereocenters. The van der Waals surface area contributed by atoms with Gasteiger partial charge >= 0.3 is 0 Å². The second kappa shape index (κ2) is 7.62. The monoisotopic (exact) mass is 346 g/mol. The second-order valence-electron chi connectivity index (χ2n) is 5.70. The molecule has 7 heteroatoms. The van der Waals surface area contributed by atoms with Gasteiger partial charge in [0.25, 0.3) is 5.91 Å². The van der Waals surface area contributed by atoms with Crippen LogP contribution in [0.4, 0.5) is 0 Å². The van der Waals surface area contributed by atoms with Crippen molar-refractivity contribution in [1.29, 1.82) is 0 Å². The molecule has 5 nitrogen and oxygen atoms in total. The Bertz CT molecular complexity index is 532. The molecule has 22 heavy (non-hydrogen) atoms. The van der Waals surface area contributed by atoms with Crippen molar-refractivity contribution in [3.8, 4) is 0 Å². The molecule has 1 unspecified atom stereocenters.